The molecule has 3 aromatic rings. The fourth-order valence-electron chi connectivity index (χ4n) is 3.20. The van der Waals surface area contributed by atoms with E-state index in [2.05, 4.69) is 20.4 Å². The Labute approximate surface area is 182 Å². The molecule has 0 radical (unpaired) electrons. The molecule has 0 aliphatic carbocycles. The van der Waals surface area contributed by atoms with Crippen molar-refractivity contribution in [3.8, 4) is 11.5 Å². The zero-order valence-corrected chi connectivity index (χ0v) is 17.7. The van der Waals surface area contributed by atoms with Crippen molar-refractivity contribution in [2.75, 3.05) is 29.1 Å². The summed E-state index contributed by atoms with van der Waals surface area (Å²) in [5.74, 6) is 0.338. The normalized spacial score (nSPS) is 13.7. The molecule has 29 heavy (non-hydrogen) atoms. The number of aromatic nitrogens is 2. The van der Waals surface area contributed by atoms with Crippen LogP contribution in [0.25, 0.3) is 11.5 Å². The van der Waals surface area contributed by atoms with Gasteiger partial charge in [0.15, 0.2) is 0 Å². The Kier molecular flexibility index (Phi) is 6.28. The van der Waals surface area contributed by atoms with E-state index in [9.17, 15) is 4.79 Å². The van der Waals surface area contributed by atoms with Crippen LogP contribution in [0.5, 0.6) is 0 Å². The van der Waals surface area contributed by atoms with Crippen LogP contribution in [0.15, 0.2) is 52.1 Å². The third-order valence-corrected chi connectivity index (χ3v) is 5.85. The number of hydrogen-bond donors (Lipinski definition) is 1. The van der Waals surface area contributed by atoms with Crippen molar-refractivity contribution in [2.45, 2.75) is 18.1 Å². The molecule has 1 aliphatic rings. The number of nitrogens with zero attached hydrogens (tertiary/aromatic N) is 3. The summed E-state index contributed by atoms with van der Waals surface area (Å²) in [5.41, 5.74) is 2.33. The zero-order chi connectivity index (χ0) is 20.2. The van der Waals surface area contributed by atoms with Crippen molar-refractivity contribution < 1.29 is 9.21 Å². The van der Waals surface area contributed by atoms with Gasteiger partial charge >= 0.3 is 0 Å². The largest absolute Gasteiger partial charge is 0.411 e. The Morgan fingerprint density at radius 2 is 1.93 bits per heavy atom. The summed E-state index contributed by atoms with van der Waals surface area (Å²) in [7, 11) is 0. The second-order valence-corrected chi connectivity index (χ2v) is 8.32. The zero-order valence-electron chi connectivity index (χ0n) is 15.4. The maximum Gasteiger partial charge on any atom is 0.277 e. The molecule has 0 saturated carbocycles. The fraction of sp³-hybridized carbons (Fsp3) is 0.250. The quantitative estimate of drug-likeness (QED) is 0.510. The predicted octanol–water partition coefficient (Wildman–Crippen LogP) is 5.37. The highest BCUT2D eigenvalue weighted by Crippen LogP contribution is 2.36. The first-order chi connectivity index (χ1) is 14.1. The number of hydrogen-bond acceptors (Lipinski definition) is 6. The number of benzene rings is 2. The molecular weight excluding hydrogens is 431 g/mol. The van der Waals surface area contributed by atoms with Gasteiger partial charge in [-0.15, -0.1) is 10.2 Å². The Balaban J connectivity index is 1.40. The van der Waals surface area contributed by atoms with Gasteiger partial charge in [-0.1, -0.05) is 47.1 Å². The summed E-state index contributed by atoms with van der Waals surface area (Å²) in [6.45, 7) is 1.88. The van der Waals surface area contributed by atoms with Crippen molar-refractivity contribution >= 4 is 52.2 Å². The molecule has 1 aliphatic heterocycles. The Morgan fingerprint density at radius 3 is 2.72 bits per heavy atom. The van der Waals surface area contributed by atoms with Gasteiger partial charge in [0.2, 0.25) is 11.8 Å². The third kappa shape index (κ3) is 4.86. The van der Waals surface area contributed by atoms with Crippen LogP contribution < -0.4 is 10.2 Å². The van der Waals surface area contributed by atoms with Gasteiger partial charge in [0.05, 0.1) is 22.2 Å². The highest BCUT2D eigenvalue weighted by molar-refractivity contribution is 7.99. The number of para-hydroxylation sites is 1. The number of rotatable bonds is 6. The minimum Gasteiger partial charge on any atom is -0.411 e. The molecule has 4 rings (SSSR count). The fourth-order valence-corrected chi connectivity index (χ4v) is 4.25. The van der Waals surface area contributed by atoms with Crippen LogP contribution in [0.3, 0.4) is 0 Å². The minimum absolute atomic E-state index is 0.142. The Hall–Kier alpha value is -2.22. The number of nitrogens with one attached hydrogen (secondary N) is 1. The smallest absolute Gasteiger partial charge is 0.277 e. The lowest BCUT2D eigenvalue weighted by Crippen LogP contribution is -2.22. The van der Waals surface area contributed by atoms with Gasteiger partial charge in [-0.25, -0.2) is 0 Å². The second kappa shape index (κ2) is 9.07. The highest BCUT2D eigenvalue weighted by atomic mass is 35.5. The average molecular weight is 449 g/mol. The number of amides is 1. The number of anilines is 2. The standard InChI is InChI=1S/C20H18Cl2N4O2S/c21-14-6-3-5-13(11-14)19-24-25-20(28-19)29-12-17(27)23-16-8-4-7-15(22)18(16)26-9-1-2-10-26/h3-8,11H,1-2,9-10,12H2,(H,23,27). The third-order valence-electron chi connectivity index (χ3n) is 4.49. The van der Waals surface area contributed by atoms with Crippen LogP contribution in [-0.4, -0.2) is 34.9 Å². The molecule has 2 aromatic carbocycles. The van der Waals surface area contributed by atoms with Gasteiger partial charge in [-0.05, 0) is 43.2 Å². The lowest BCUT2D eigenvalue weighted by Gasteiger charge is -2.22. The van der Waals surface area contributed by atoms with Crippen molar-refractivity contribution in [2.24, 2.45) is 0 Å². The van der Waals surface area contributed by atoms with E-state index in [1.54, 1.807) is 12.1 Å². The second-order valence-electron chi connectivity index (χ2n) is 6.55. The van der Waals surface area contributed by atoms with Crippen LogP contribution >= 0.6 is 35.0 Å². The molecule has 1 saturated heterocycles. The Morgan fingerprint density at radius 1 is 1.14 bits per heavy atom. The summed E-state index contributed by atoms with van der Waals surface area (Å²) in [4.78, 5) is 14.7. The molecular formula is C20H18Cl2N4O2S. The molecule has 2 heterocycles. The van der Waals surface area contributed by atoms with Crippen LogP contribution in [-0.2, 0) is 4.79 Å². The van der Waals surface area contributed by atoms with Gasteiger partial charge in [-0.3, -0.25) is 4.79 Å². The van der Waals surface area contributed by atoms with Gasteiger partial charge < -0.3 is 14.6 Å². The van der Waals surface area contributed by atoms with Crippen LogP contribution in [0.4, 0.5) is 11.4 Å². The summed E-state index contributed by atoms with van der Waals surface area (Å²) in [6.07, 6.45) is 2.25. The van der Waals surface area contributed by atoms with E-state index >= 15 is 0 Å². The molecule has 1 N–H and O–H groups in total. The molecule has 6 nitrogen and oxygen atoms in total. The first-order valence-corrected chi connectivity index (χ1v) is 10.9. The molecule has 0 atom stereocenters. The van der Waals surface area contributed by atoms with E-state index in [-0.39, 0.29) is 11.7 Å². The molecule has 0 bridgehead atoms. The summed E-state index contributed by atoms with van der Waals surface area (Å²) in [5, 5.41) is 12.5. The van der Waals surface area contributed by atoms with Gasteiger partial charge in [0.1, 0.15) is 0 Å². The van der Waals surface area contributed by atoms with Crippen molar-refractivity contribution in [1.29, 1.82) is 0 Å². The van der Waals surface area contributed by atoms with Crippen molar-refractivity contribution in [3.05, 3.63) is 52.5 Å². The summed E-state index contributed by atoms with van der Waals surface area (Å²) in [6, 6.07) is 12.7. The summed E-state index contributed by atoms with van der Waals surface area (Å²) >= 11 is 13.6. The monoisotopic (exact) mass is 448 g/mol. The van der Waals surface area contributed by atoms with E-state index in [0.29, 0.717) is 21.2 Å². The maximum absolute atomic E-state index is 12.5. The topological polar surface area (TPSA) is 71.3 Å². The first kappa shape index (κ1) is 20.1. The van der Waals surface area contributed by atoms with Crippen LogP contribution in [0.1, 0.15) is 12.8 Å². The van der Waals surface area contributed by atoms with E-state index < -0.39 is 0 Å². The predicted molar refractivity (Wildman–Crippen MR) is 117 cm³/mol. The molecule has 0 spiro atoms. The first-order valence-electron chi connectivity index (χ1n) is 9.16. The van der Waals surface area contributed by atoms with Crippen LogP contribution in [0, 0.1) is 0 Å². The maximum atomic E-state index is 12.5. The average Bonchev–Trinajstić information content (AvgIpc) is 3.39. The Bertz CT molecular complexity index is 1020. The van der Waals surface area contributed by atoms with Crippen molar-refractivity contribution in [1.82, 2.24) is 10.2 Å². The molecule has 150 valence electrons. The highest BCUT2D eigenvalue weighted by Gasteiger charge is 2.20. The lowest BCUT2D eigenvalue weighted by atomic mass is 10.2. The van der Waals surface area contributed by atoms with Crippen LogP contribution in [0.2, 0.25) is 10.0 Å². The molecule has 1 aromatic heterocycles. The minimum atomic E-state index is -0.166. The summed E-state index contributed by atoms with van der Waals surface area (Å²) < 4.78 is 5.62. The van der Waals surface area contributed by atoms with E-state index in [0.717, 1.165) is 42.9 Å². The van der Waals surface area contributed by atoms with Gasteiger partial charge in [-0.2, -0.15) is 0 Å². The van der Waals surface area contributed by atoms with E-state index in [4.69, 9.17) is 27.6 Å². The number of carbonyl (C=O) groups excluding carboxylic acids is 1. The SMILES string of the molecule is O=C(CSc1nnc(-c2cccc(Cl)c2)o1)Nc1cccc(Cl)c1N1CCCC1. The van der Waals surface area contributed by atoms with Crippen molar-refractivity contribution in [3.63, 3.8) is 0 Å². The number of thioether (sulfide) groups is 1. The van der Waals surface area contributed by atoms with Gasteiger partial charge in [0.25, 0.3) is 5.22 Å². The van der Waals surface area contributed by atoms with E-state index in [1.165, 1.54) is 11.8 Å². The lowest BCUT2D eigenvalue weighted by molar-refractivity contribution is -0.113. The molecule has 1 fully saturated rings. The molecule has 9 heteroatoms. The molecule has 1 amide bonds. The molecule has 0 unspecified atom stereocenters. The van der Waals surface area contributed by atoms with E-state index in [1.807, 2.05) is 30.3 Å². The number of halogens is 2. The van der Waals surface area contributed by atoms with Gasteiger partial charge in [0, 0.05) is 23.7 Å². The number of carbonyl (C=O) groups is 1.